The van der Waals surface area contributed by atoms with E-state index in [4.69, 9.17) is 11.6 Å². The maximum absolute atomic E-state index is 13.5. The summed E-state index contributed by atoms with van der Waals surface area (Å²) >= 11 is 7.59. The molecule has 3 N–H and O–H groups in total. The van der Waals surface area contributed by atoms with E-state index in [2.05, 4.69) is 10.6 Å². The van der Waals surface area contributed by atoms with E-state index in [0.29, 0.717) is 30.2 Å². The first-order valence-electron chi connectivity index (χ1n) is 10.9. The van der Waals surface area contributed by atoms with Gasteiger partial charge in [-0.25, -0.2) is 0 Å². The summed E-state index contributed by atoms with van der Waals surface area (Å²) in [5, 5.41) is 15.9. The lowest BCUT2D eigenvalue weighted by Crippen LogP contribution is -2.52. The highest BCUT2D eigenvalue weighted by Crippen LogP contribution is 2.66. The monoisotopic (exact) mass is 465 g/mol. The van der Waals surface area contributed by atoms with Crippen LogP contribution in [-0.2, 0) is 14.4 Å². The molecule has 4 rings (SSSR count). The molecule has 1 aromatic carbocycles. The smallest absolute Gasteiger partial charge is 0.248 e. The van der Waals surface area contributed by atoms with Crippen molar-refractivity contribution in [2.24, 2.45) is 11.8 Å². The van der Waals surface area contributed by atoms with Crippen molar-refractivity contribution in [1.82, 2.24) is 10.2 Å². The number of carbonyl (C=O) groups excluding carboxylic acids is 3. The molecule has 2 bridgehead atoms. The summed E-state index contributed by atoms with van der Waals surface area (Å²) in [5.74, 6) is -1.40. The Bertz CT molecular complexity index is 867. The molecule has 5 atom stereocenters. The SMILES string of the molecule is CCCNC(=O)[C@@H]1[C@@H]2CCC3(S2)C(C(=O)Nc2ccc(Cl)cc2)N(CCCO)C(=O)[C@H]13. The maximum atomic E-state index is 13.5. The second-order valence-electron chi connectivity index (χ2n) is 8.45. The molecule has 0 aromatic heterocycles. The minimum absolute atomic E-state index is 0.0524. The molecule has 1 aromatic rings. The van der Waals surface area contributed by atoms with Crippen LogP contribution < -0.4 is 10.6 Å². The van der Waals surface area contributed by atoms with E-state index >= 15 is 0 Å². The fourth-order valence-corrected chi connectivity index (χ4v) is 7.69. The van der Waals surface area contributed by atoms with Gasteiger partial charge in [0.25, 0.3) is 0 Å². The summed E-state index contributed by atoms with van der Waals surface area (Å²) in [6.07, 6.45) is 2.76. The van der Waals surface area contributed by atoms with E-state index in [0.717, 1.165) is 19.3 Å². The number of rotatable bonds is 8. The van der Waals surface area contributed by atoms with Crippen LogP contribution in [0.25, 0.3) is 0 Å². The number of anilines is 1. The van der Waals surface area contributed by atoms with Gasteiger partial charge in [0.2, 0.25) is 17.7 Å². The van der Waals surface area contributed by atoms with Gasteiger partial charge in [-0.15, -0.1) is 11.8 Å². The van der Waals surface area contributed by atoms with Crippen LogP contribution in [0.15, 0.2) is 24.3 Å². The molecule has 3 fully saturated rings. The summed E-state index contributed by atoms with van der Waals surface area (Å²) in [6.45, 7) is 2.80. The normalized spacial score (nSPS) is 31.1. The number of likely N-dealkylation sites (tertiary alicyclic amines) is 1. The third-order valence-corrected chi connectivity index (χ3v) is 8.77. The first kappa shape index (κ1) is 22.4. The summed E-state index contributed by atoms with van der Waals surface area (Å²) in [6, 6.07) is 6.18. The van der Waals surface area contributed by atoms with Crippen LogP contribution in [-0.4, -0.2) is 63.5 Å². The standard InChI is InChI=1S/C22H28ClN3O4S/c1-2-10-24-19(28)16-15-8-9-22(31-15)17(16)21(30)26(11-3-12-27)18(22)20(29)25-14-6-4-13(23)5-7-14/h4-7,15-18,27H,2-3,8-12H2,1H3,(H,24,28)(H,25,29)/t15-,16+,17-,18?,22?/m0/s1. The van der Waals surface area contributed by atoms with Gasteiger partial charge in [-0.1, -0.05) is 18.5 Å². The average molecular weight is 466 g/mol. The van der Waals surface area contributed by atoms with Gasteiger partial charge >= 0.3 is 0 Å². The summed E-state index contributed by atoms with van der Waals surface area (Å²) in [7, 11) is 0. The van der Waals surface area contributed by atoms with Gasteiger partial charge in [-0.2, -0.15) is 0 Å². The van der Waals surface area contributed by atoms with Crippen LogP contribution >= 0.6 is 23.4 Å². The van der Waals surface area contributed by atoms with Crippen LogP contribution in [0.3, 0.4) is 0 Å². The van der Waals surface area contributed by atoms with E-state index in [1.54, 1.807) is 40.9 Å². The fraction of sp³-hybridized carbons (Fsp3) is 0.591. The number of fused-ring (bicyclic) bond motifs is 1. The quantitative estimate of drug-likeness (QED) is 0.547. The van der Waals surface area contributed by atoms with Crippen molar-refractivity contribution in [3.05, 3.63) is 29.3 Å². The molecule has 31 heavy (non-hydrogen) atoms. The number of aliphatic hydroxyl groups is 1. The van der Waals surface area contributed by atoms with Crippen LogP contribution in [0.2, 0.25) is 5.02 Å². The Hall–Kier alpha value is -1.77. The molecule has 3 saturated heterocycles. The Morgan fingerprint density at radius 3 is 2.71 bits per heavy atom. The lowest BCUT2D eigenvalue weighted by molar-refractivity contribution is -0.139. The van der Waals surface area contributed by atoms with Gasteiger partial charge in [-0.05, 0) is 49.9 Å². The van der Waals surface area contributed by atoms with E-state index < -0.39 is 22.6 Å². The van der Waals surface area contributed by atoms with Gasteiger partial charge in [0.05, 0.1) is 16.6 Å². The Labute approximate surface area is 191 Å². The number of nitrogens with one attached hydrogen (secondary N) is 2. The predicted molar refractivity (Wildman–Crippen MR) is 121 cm³/mol. The second kappa shape index (κ2) is 9.00. The molecule has 0 aliphatic carbocycles. The number of thioether (sulfide) groups is 1. The third-order valence-electron chi connectivity index (χ3n) is 6.57. The van der Waals surface area contributed by atoms with E-state index in [1.165, 1.54) is 0 Å². The number of halogens is 1. The van der Waals surface area contributed by atoms with E-state index in [1.807, 2.05) is 6.92 Å². The summed E-state index contributed by atoms with van der Waals surface area (Å²) < 4.78 is -0.609. The van der Waals surface area contributed by atoms with E-state index in [-0.39, 0.29) is 29.6 Å². The van der Waals surface area contributed by atoms with Crippen LogP contribution in [0, 0.1) is 11.8 Å². The zero-order chi connectivity index (χ0) is 22.2. The van der Waals surface area contributed by atoms with Crippen molar-refractivity contribution < 1.29 is 19.5 Å². The lowest BCUT2D eigenvalue weighted by atomic mass is 9.70. The summed E-state index contributed by atoms with van der Waals surface area (Å²) in [5.41, 5.74) is 0.610. The molecular formula is C22H28ClN3O4S. The molecule has 1 spiro atoms. The Morgan fingerprint density at radius 2 is 2.03 bits per heavy atom. The van der Waals surface area contributed by atoms with Gasteiger partial charge in [0.1, 0.15) is 6.04 Å². The lowest BCUT2D eigenvalue weighted by Gasteiger charge is -2.34. The third kappa shape index (κ3) is 3.83. The van der Waals surface area contributed by atoms with Crippen molar-refractivity contribution >= 4 is 46.8 Å². The van der Waals surface area contributed by atoms with Crippen LogP contribution in [0.5, 0.6) is 0 Å². The molecule has 3 aliphatic rings. The van der Waals surface area contributed by atoms with Crippen molar-refractivity contribution in [1.29, 1.82) is 0 Å². The molecule has 3 heterocycles. The Morgan fingerprint density at radius 1 is 1.29 bits per heavy atom. The van der Waals surface area contributed by atoms with Gasteiger partial charge in [-0.3, -0.25) is 14.4 Å². The first-order valence-corrected chi connectivity index (χ1v) is 12.1. The molecule has 0 saturated carbocycles. The molecule has 2 unspecified atom stereocenters. The molecule has 3 aliphatic heterocycles. The van der Waals surface area contributed by atoms with Crippen molar-refractivity contribution in [2.45, 2.75) is 48.6 Å². The van der Waals surface area contributed by atoms with Gasteiger partial charge < -0.3 is 20.6 Å². The van der Waals surface area contributed by atoms with Crippen molar-refractivity contribution in [3.63, 3.8) is 0 Å². The van der Waals surface area contributed by atoms with Gasteiger partial charge in [0.15, 0.2) is 0 Å². The van der Waals surface area contributed by atoms with Crippen LogP contribution in [0.1, 0.15) is 32.6 Å². The number of carbonyl (C=O) groups is 3. The number of amides is 3. The minimum atomic E-state index is -0.675. The number of benzene rings is 1. The van der Waals surface area contributed by atoms with Crippen molar-refractivity contribution in [2.75, 3.05) is 25.0 Å². The molecule has 9 heteroatoms. The highest BCUT2D eigenvalue weighted by molar-refractivity contribution is 8.02. The molecule has 168 valence electrons. The van der Waals surface area contributed by atoms with Crippen molar-refractivity contribution in [3.8, 4) is 0 Å². The zero-order valence-corrected chi connectivity index (χ0v) is 19.0. The first-order chi connectivity index (χ1) is 14.9. The number of nitrogens with zero attached hydrogens (tertiary/aromatic N) is 1. The topological polar surface area (TPSA) is 98.7 Å². The summed E-state index contributed by atoms with van der Waals surface area (Å²) in [4.78, 5) is 41.6. The highest BCUT2D eigenvalue weighted by atomic mass is 35.5. The average Bonchev–Trinajstić information content (AvgIpc) is 3.39. The zero-order valence-electron chi connectivity index (χ0n) is 17.5. The number of hydrogen-bond donors (Lipinski definition) is 3. The molecule has 3 amide bonds. The second-order valence-corrected chi connectivity index (χ2v) is 10.5. The molecular weight excluding hydrogens is 438 g/mol. The number of aliphatic hydroxyl groups excluding tert-OH is 1. The van der Waals surface area contributed by atoms with E-state index in [9.17, 15) is 19.5 Å². The highest BCUT2D eigenvalue weighted by Gasteiger charge is 2.73. The van der Waals surface area contributed by atoms with Crippen LogP contribution in [0.4, 0.5) is 5.69 Å². The fourth-order valence-electron chi connectivity index (χ4n) is 5.35. The minimum Gasteiger partial charge on any atom is -0.396 e. The molecule has 7 nitrogen and oxygen atoms in total. The largest absolute Gasteiger partial charge is 0.396 e. The number of hydrogen-bond acceptors (Lipinski definition) is 5. The maximum Gasteiger partial charge on any atom is 0.248 e. The molecule has 0 radical (unpaired) electrons. The Balaban J connectivity index is 1.64. The predicted octanol–water partition coefficient (Wildman–Crippen LogP) is 2.28. The van der Waals surface area contributed by atoms with Gasteiger partial charge in [0, 0.05) is 35.7 Å². The Kier molecular flexibility index (Phi) is 6.51.